The molecule has 0 aromatic heterocycles. The lowest BCUT2D eigenvalue weighted by molar-refractivity contribution is -0.143. The molecule has 0 spiro atoms. The van der Waals surface area contributed by atoms with Crippen molar-refractivity contribution in [1.29, 1.82) is 0 Å². The van der Waals surface area contributed by atoms with Crippen molar-refractivity contribution >= 4 is 5.97 Å². The number of aliphatic hydroxyl groups is 3. The molecule has 1 aliphatic heterocycles. The first-order valence-corrected chi connectivity index (χ1v) is 4.62. The SMILES string of the molecule is CC(O)COC1=C(O)C(=O)OC1CCO. The van der Waals surface area contributed by atoms with Gasteiger partial charge in [-0.3, -0.25) is 0 Å². The topological polar surface area (TPSA) is 96.2 Å². The molecule has 0 radical (unpaired) electrons. The van der Waals surface area contributed by atoms with E-state index < -0.39 is 23.9 Å². The number of carbonyl (C=O) groups is 1. The molecule has 3 N–H and O–H groups in total. The zero-order chi connectivity index (χ0) is 11.4. The molecule has 86 valence electrons. The highest BCUT2D eigenvalue weighted by molar-refractivity contribution is 5.89. The maximum absolute atomic E-state index is 11.0. The molecule has 2 atom stereocenters. The molecule has 0 aromatic rings. The molecule has 0 amide bonds. The first kappa shape index (κ1) is 11.8. The number of rotatable bonds is 5. The van der Waals surface area contributed by atoms with E-state index in [1.165, 1.54) is 6.92 Å². The molecule has 1 rings (SSSR count). The minimum absolute atomic E-state index is 0.0186. The van der Waals surface area contributed by atoms with Crippen LogP contribution in [0.15, 0.2) is 11.5 Å². The van der Waals surface area contributed by atoms with Gasteiger partial charge < -0.3 is 24.8 Å². The molecule has 15 heavy (non-hydrogen) atoms. The second-order valence-corrected chi connectivity index (χ2v) is 3.28. The molecule has 0 fully saturated rings. The van der Waals surface area contributed by atoms with E-state index in [2.05, 4.69) is 0 Å². The summed E-state index contributed by atoms with van der Waals surface area (Å²) in [6.45, 7) is 1.28. The zero-order valence-electron chi connectivity index (χ0n) is 8.34. The van der Waals surface area contributed by atoms with Crippen LogP contribution in [0.5, 0.6) is 0 Å². The van der Waals surface area contributed by atoms with Gasteiger partial charge in [-0.25, -0.2) is 4.79 Å². The van der Waals surface area contributed by atoms with Crippen LogP contribution >= 0.6 is 0 Å². The predicted molar refractivity (Wildman–Crippen MR) is 48.9 cm³/mol. The third-order valence-corrected chi connectivity index (χ3v) is 1.84. The van der Waals surface area contributed by atoms with Crippen LogP contribution in [0.3, 0.4) is 0 Å². The Kier molecular flexibility index (Phi) is 3.93. The van der Waals surface area contributed by atoms with Crippen molar-refractivity contribution in [2.45, 2.75) is 25.6 Å². The number of aliphatic hydroxyl groups excluding tert-OH is 3. The molecule has 1 heterocycles. The lowest BCUT2D eigenvalue weighted by Crippen LogP contribution is -2.18. The average Bonchev–Trinajstić information content (AvgIpc) is 2.41. The predicted octanol–water partition coefficient (Wildman–Crippen LogP) is -0.539. The summed E-state index contributed by atoms with van der Waals surface area (Å²) in [4.78, 5) is 11.0. The zero-order valence-corrected chi connectivity index (χ0v) is 8.34. The lowest BCUT2D eigenvalue weighted by Gasteiger charge is -2.14. The van der Waals surface area contributed by atoms with Gasteiger partial charge in [0.25, 0.3) is 0 Å². The summed E-state index contributed by atoms with van der Waals surface area (Å²) in [5, 5.41) is 27.0. The van der Waals surface area contributed by atoms with Gasteiger partial charge in [-0.15, -0.1) is 0 Å². The van der Waals surface area contributed by atoms with Gasteiger partial charge >= 0.3 is 5.97 Å². The number of carbonyl (C=O) groups excluding carboxylic acids is 1. The van der Waals surface area contributed by atoms with Crippen molar-refractivity contribution in [2.75, 3.05) is 13.2 Å². The van der Waals surface area contributed by atoms with E-state index >= 15 is 0 Å². The highest BCUT2D eigenvalue weighted by atomic mass is 16.6. The number of cyclic esters (lactones) is 1. The van der Waals surface area contributed by atoms with Crippen molar-refractivity contribution in [3.05, 3.63) is 11.5 Å². The molecule has 0 aromatic carbocycles. The average molecular weight is 218 g/mol. The Labute approximate surface area is 86.7 Å². The summed E-state index contributed by atoms with van der Waals surface area (Å²) in [7, 11) is 0. The highest BCUT2D eigenvalue weighted by Crippen LogP contribution is 2.24. The van der Waals surface area contributed by atoms with Crippen molar-refractivity contribution in [2.24, 2.45) is 0 Å². The minimum Gasteiger partial charge on any atom is -0.499 e. The van der Waals surface area contributed by atoms with Crippen molar-refractivity contribution in [1.82, 2.24) is 0 Å². The van der Waals surface area contributed by atoms with Crippen molar-refractivity contribution in [3.63, 3.8) is 0 Å². The van der Waals surface area contributed by atoms with Gasteiger partial charge in [0.2, 0.25) is 5.76 Å². The van der Waals surface area contributed by atoms with Crippen LogP contribution in [-0.2, 0) is 14.3 Å². The van der Waals surface area contributed by atoms with Crippen LogP contribution in [0.2, 0.25) is 0 Å². The van der Waals surface area contributed by atoms with Gasteiger partial charge in [0.1, 0.15) is 6.61 Å². The molecule has 6 nitrogen and oxygen atoms in total. The molecule has 0 aliphatic carbocycles. The van der Waals surface area contributed by atoms with E-state index in [9.17, 15) is 9.90 Å². The smallest absolute Gasteiger partial charge is 0.377 e. The summed E-state index contributed by atoms with van der Waals surface area (Å²) in [5.74, 6) is -1.47. The number of hydrogen-bond donors (Lipinski definition) is 3. The van der Waals surface area contributed by atoms with E-state index in [1.807, 2.05) is 0 Å². The summed E-state index contributed by atoms with van der Waals surface area (Å²) < 4.78 is 9.76. The van der Waals surface area contributed by atoms with E-state index in [0.29, 0.717) is 0 Å². The van der Waals surface area contributed by atoms with E-state index in [0.717, 1.165) is 0 Å². The van der Waals surface area contributed by atoms with Gasteiger partial charge in [-0.2, -0.15) is 0 Å². The second kappa shape index (κ2) is 4.99. The molecule has 6 heteroatoms. The maximum atomic E-state index is 11.0. The summed E-state index contributed by atoms with van der Waals surface area (Å²) in [6, 6.07) is 0. The second-order valence-electron chi connectivity index (χ2n) is 3.28. The molecule has 0 saturated heterocycles. The Morgan fingerprint density at radius 1 is 1.60 bits per heavy atom. The fraction of sp³-hybridized carbons (Fsp3) is 0.667. The monoisotopic (exact) mass is 218 g/mol. The third kappa shape index (κ3) is 2.84. The van der Waals surface area contributed by atoms with Crippen LogP contribution in [0.4, 0.5) is 0 Å². The molecular formula is C9H14O6. The standard InChI is InChI=1S/C9H14O6/c1-5(11)4-14-8-6(2-3-10)15-9(13)7(8)12/h5-6,10-12H,2-4H2,1H3. The van der Waals surface area contributed by atoms with Gasteiger partial charge in [-0.05, 0) is 6.92 Å². The van der Waals surface area contributed by atoms with Crippen LogP contribution in [-0.4, -0.2) is 46.7 Å². The Hall–Kier alpha value is -1.27. The van der Waals surface area contributed by atoms with Crippen LogP contribution in [0.1, 0.15) is 13.3 Å². The normalized spacial score (nSPS) is 22.9. The van der Waals surface area contributed by atoms with E-state index in [1.54, 1.807) is 0 Å². The largest absolute Gasteiger partial charge is 0.499 e. The van der Waals surface area contributed by atoms with Crippen LogP contribution < -0.4 is 0 Å². The Balaban J connectivity index is 2.65. The Morgan fingerprint density at radius 2 is 2.27 bits per heavy atom. The Morgan fingerprint density at radius 3 is 2.80 bits per heavy atom. The van der Waals surface area contributed by atoms with Gasteiger partial charge in [0, 0.05) is 13.0 Å². The molecule has 2 unspecified atom stereocenters. The fourth-order valence-electron chi connectivity index (χ4n) is 1.17. The summed E-state index contributed by atoms with van der Waals surface area (Å²) >= 11 is 0. The third-order valence-electron chi connectivity index (χ3n) is 1.84. The summed E-state index contributed by atoms with van der Waals surface area (Å²) in [5.41, 5.74) is 0. The minimum atomic E-state index is -0.867. The highest BCUT2D eigenvalue weighted by Gasteiger charge is 2.35. The fourth-order valence-corrected chi connectivity index (χ4v) is 1.17. The molecular weight excluding hydrogens is 204 g/mol. The number of ether oxygens (including phenoxy) is 2. The molecule has 0 bridgehead atoms. The van der Waals surface area contributed by atoms with Gasteiger partial charge in [0.15, 0.2) is 11.9 Å². The number of esters is 1. The van der Waals surface area contributed by atoms with Crippen LogP contribution in [0, 0.1) is 0 Å². The number of hydrogen-bond acceptors (Lipinski definition) is 6. The van der Waals surface area contributed by atoms with E-state index in [-0.39, 0.29) is 25.4 Å². The van der Waals surface area contributed by atoms with E-state index in [4.69, 9.17) is 19.7 Å². The van der Waals surface area contributed by atoms with Gasteiger partial charge in [0.05, 0.1) is 6.10 Å². The Bertz CT molecular complexity index is 270. The van der Waals surface area contributed by atoms with Crippen molar-refractivity contribution in [3.8, 4) is 0 Å². The van der Waals surface area contributed by atoms with Gasteiger partial charge in [-0.1, -0.05) is 0 Å². The first-order chi connectivity index (χ1) is 7.06. The summed E-state index contributed by atoms with van der Waals surface area (Å²) in [6.07, 6.45) is -1.32. The maximum Gasteiger partial charge on any atom is 0.377 e. The molecule has 0 saturated carbocycles. The lowest BCUT2D eigenvalue weighted by atomic mass is 10.2. The first-order valence-electron chi connectivity index (χ1n) is 4.62. The van der Waals surface area contributed by atoms with Crippen molar-refractivity contribution < 1.29 is 29.6 Å². The quantitative estimate of drug-likeness (QED) is 0.536. The van der Waals surface area contributed by atoms with Crippen LogP contribution in [0.25, 0.3) is 0 Å². The molecule has 1 aliphatic rings.